The van der Waals surface area contributed by atoms with Crippen LogP contribution in [0.5, 0.6) is 0 Å². The summed E-state index contributed by atoms with van der Waals surface area (Å²) in [5.74, 6) is 0.639. The van der Waals surface area contributed by atoms with Crippen molar-refractivity contribution in [3.8, 4) is 11.3 Å². The Labute approximate surface area is 153 Å². The van der Waals surface area contributed by atoms with Crippen LogP contribution in [0.4, 0.5) is 5.69 Å². The number of non-ortho nitro benzene ring substituents is 1. The molecule has 132 valence electrons. The SMILES string of the molecule is O=C1OC(c2ccccc2)=N/C1=C\c1ccc(-c2ccc([N+](=O)[O-])cc2)o1. The largest absolute Gasteiger partial charge is 0.457 e. The van der Waals surface area contributed by atoms with Gasteiger partial charge in [0.1, 0.15) is 11.5 Å². The van der Waals surface area contributed by atoms with E-state index in [2.05, 4.69) is 4.99 Å². The average Bonchev–Trinajstić information content (AvgIpc) is 3.30. The van der Waals surface area contributed by atoms with Crippen LogP contribution in [0.3, 0.4) is 0 Å². The second kappa shape index (κ2) is 6.72. The molecule has 4 rings (SSSR count). The number of hydrogen-bond acceptors (Lipinski definition) is 6. The zero-order valence-corrected chi connectivity index (χ0v) is 13.9. The van der Waals surface area contributed by atoms with Gasteiger partial charge in [0.2, 0.25) is 5.90 Å². The van der Waals surface area contributed by atoms with Crippen molar-refractivity contribution in [2.75, 3.05) is 0 Å². The summed E-state index contributed by atoms with van der Waals surface area (Å²) in [6.45, 7) is 0. The van der Waals surface area contributed by atoms with Gasteiger partial charge < -0.3 is 9.15 Å². The Morgan fingerprint density at radius 1 is 0.926 bits per heavy atom. The van der Waals surface area contributed by atoms with Crippen LogP contribution < -0.4 is 0 Å². The maximum atomic E-state index is 12.0. The molecule has 27 heavy (non-hydrogen) atoms. The molecule has 0 amide bonds. The molecule has 0 radical (unpaired) electrons. The Kier molecular flexibility index (Phi) is 4.10. The number of ether oxygens (including phenoxy) is 1. The Bertz CT molecular complexity index is 1080. The fourth-order valence-corrected chi connectivity index (χ4v) is 2.58. The normalized spacial score (nSPS) is 14.9. The van der Waals surface area contributed by atoms with E-state index in [1.807, 2.05) is 18.2 Å². The summed E-state index contributed by atoms with van der Waals surface area (Å²) < 4.78 is 10.9. The molecule has 3 aromatic rings. The van der Waals surface area contributed by atoms with E-state index in [4.69, 9.17) is 9.15 Å². The molecule has 1 aliphatic rings. The Morgan fingerprint density at radius 2 is 1.67 bits per heavy atom. The quantitative estimate of drug-likeness (QED) is 0.301. The van der Waals surface area contributed by atoms with Crippen molar-refractivity contribution >= 4 is 23.6 Å². The summed E-state index contributed by atoms with van der Waals surface area (Å²) >= 11 is 0. The molecule has 1 aromatic heterocycles. The summed E-state index contributed by atoms with van der Waals surface area (Å²) in [4.78, 5) is 26.5. The Morgan fingerprint density at radius 3 is 2.37 bits per heavy atom. The summed E-state index contributed by atoms with van der Waals surface area (Å²) in [7, 11) is 0. The highest BCUT2D eigenvalue weighted by Crippen LogP contribution is 2.26. The standard InChI is InChI=1S/C20H12N2O5/c23-20-17(21-19(27-20)14-4-2-1-3-5-14)12-16-10-11-18(26-16)13-6-8-15(9-7-13)22(24)25/h1-12H/b17-12-. The lowest BCUT2D eigenvalue weighted by molar-refractivity contribution is -0.384. The van der Waals surface area contributed by atoms with Crippen molar-refractivity contribution in [3.05, 3.63) is 93.9 Å². The predicted octanol–water partition coefficient (Wildman–Crippen LogP) is 4.20. The van der Waals surface area contributed by atoms with Gasteiger partial charge in [0, 0.05) is 29.3 Å². The second-order valence-electron chi connectivity index (χ2n) is 5.71. The van der Waals surface area contributed by atoms with E-state index in [1.54, 1.807) is 36.4 Å². The summed E-state index contributed by atoms with van der Waals surface area (Å²) in [5.41, 5.74) is 1.54. The average molecular weight is 360 g/mol. The summed E-state index contributed by atoms with van der Waals surface area (Å²) in [6, 6.07) is 18.5. The molecule has 0 unspecified atom stereocenters. The minimum Gasteiger partial charge on any atom is -0.457 e. The molecule has 0 spiro atoms. The maximum absolute atomic E-state index is 12.0. The fraction of sp³-hybridized carbons (Fsp3) is 0. The number of aliphatic imine (C=N–C) groups is 1. The van der Waals surface area contributed by atoms with Gasteiger partial charge in [-0.25, -0.2) is 9.79 Å². The number of rotatable bonds is 4. The number of furan rings is 1. The fourth-order valence-electron chi connectivity index (χ4n) is 2.58. The molecule has 0 fully saturated rings. The molecule has 7 heteroatoms. The van der Waals surface area contributed by atoms with E-state index in [0.717, 1.165) is 0 Å². The van der Waals surface area contributed by atoms with Crippen molar-refractivity contribution in [2.24, 2.45) is 4.99 Å². The van der Waals surface area contributed by atoms with Crippen LogP contribution in [0.1, 0.15) is 11.3 Å². The van der Waals surface area contributed by atoms with Crippen molar-refractivity contribution in [2.45, 2.75) is 0 Å². The monoisotopic (exact) mass is 360 g/mol. The maximum Gasteiger partial charge on any atom is 0.363 e. The van der Waals surface area contributed by atoms with Crippen molar-refractivity contribution in [1.29, 1.82) is 0 Å². The lowest BCUT2D eigenvalue weighted by atomic mass is 10.1. The molecule has 2 aromatic carbocycles. The number of nitro groups is 1. The third-order valence-electron chi connectivity index (χ3n) is 3.91. The first-order valence-electron chi connectivity index (χ1n) is 8.03. The summed E-state index contributed by atoms with van der Waals surface area (Å²) in [5, 5.41) is 10.7. The highest BCUT2D eigenvalue weighted by molar-refractivity contribution is 6.12. The van der Waals surface area contributed by atoms with Crippen LogP contribution in [-0.2, 0) is 9.53 Å². The van der Waals surface area contributed by atoms with E-state index < -0.39 is 10.9 Å². The van der Waals surface area contributed by atoms with Gasteiger partial charge in [-0.2, -0.15) is 0 Å². The number of esters is 1. The number of nitrogens with zero attached hydrogens (tertiary/aromatic N) is 2. The molecule has 1 aliphatic heterocycles. The second-order valence-corrected chi connectivity index (χ2v) is 5.71. The predicted molar refractivity (Wildman–Crippen MR) is 97.8 cm³/mol. The highest BCUT2D eigenvalue weighted by Gasteiger charge is 2.24. The zero-order chi connectivity index (χ0) is 18.8. The molecule has 0 atom stereocenters. The van der Waals surface area contributed by atoms with E-state index >= 15 is 0 Å². The van der Waals surface area contributed by atoms with Gasteiger partial charge in [0.15, 0.2) is 5.70 Å². The molecule has 0 aliphatic carbocycles. The van der Waals surface area contributed by atoms with Crippen molar-refractivity contribution < 1.29 is 18.9 Å². The van der Waals surface area contributed by atoms with E-state index in [9.17, 15) is 14.9 Å². The molecular weight excluding hydrogens is 348 g/mol. The molecule has 0 saturated carbocycles. The summed E-state index contributed by atoms with van der Waals surface area (Å²) in [6.07, 6.45) is 1.49. The van der Waals surface area contributed by atoms with Gasteiger partial charge in [0.05, 0.1) is 4.92 Å². The van der Waals surface area contributed by atoms with Crippen LogP contribution in [0, 0.1) is 10.1 Å². The molecule has 2 heterocycles. The van der Waals surface area contributed by atoms with Gasteiger partial charge in [0.25, 0.3) is 5.69 Å². The highest BCUT2D eigenvalue weighted by atomic mass is 16.6. The number of carbonyl (C=O) groups excluding carboxylic acids is 1. The van der Waals surface area contributed by atoms with Gasteiger partial charge >= 0.3 is 5.97 Å². The van der Waals surface area contributed by atoms with Crippen LogP contribution in [0.2, 0.25) is 0 Å². The van der Waals surface area contributed by atoms with Crippen LogP contribution >= 0.6 is 0 Å². The molecule has 7 nitrogen and oxygen atoms in total. The number of carbonyl (C=O) groups is 1. The van der Waals surface area contributed by atoms with E-state index in [-0.39, 0.29) is 17.3 Å². The topological polar surface area (TPSA) is 94.9 Å². The minimum absolute atomic E-state index is 0.00382. The van der Waals surface area contributed by atoms with Crippen LogP contribution in [0.15, 0.2) is 81.8 Å². The zero-order valence-electron chi connectivity index (χ0n) is 13.9. The molecule has 0 N–H and O–H groups in total. The minimum atomic E-state index is -0.554. The van der Waals surface area contributed by atoms with Crippen molar-refractivity contribution in [3.63, 3.8) is 0 Å². The molecule has 0 bridgehead atoms. The lowest BCUT2D eigenvalue weighted by Crippen LogP contribution is -2.04. The first-order valence-corrected chi connectivity index (χ1v) is 8.03. The Balaban J connectivity index is 1.59. The van der Waals surface area contributed by atoms with Gasteiger partial charge in [-0.3, -0.25) is 10.1 Å². The number of cyclic esters (lactones) is 1. The third kappa shape index (κ3) is 3.38. The molecular formula is C20H12N2O5. The lowest BCUT2D eigenvalue weighted by Gasteiger charge is -1.97. The van der Waals surface area contributed by atoms with Crippen LogP contribution in [0.25, 0.3) is 17.4 Å². The molecule has 0 saturated heterocycles. The van der Waals surface area contributed by atoms with Gasteiger partial charge in [-0.05, 0) is 36.4 Å². The first-order chi connectivity index (χ1) is 13.1. The Hall–Kier alpha value is -4.00. The van der Waals surface area contributed by atoms with Gasteiger partial charge in [-0.1, -0.05) is 18.2 Å². The van der Waals surface area contributed by atoms with E-state index in [1.165, 1.54) is 18.2 Å². The first kappa shape index (κ1) is 16.5. The van der Waals surface area contributed by atoms with Crippen molar-refractivity contribution in [1.82, 2.24) is 0 Å². The number of nitro benzene ring substituents is 1. The van der Waals surface area contributed by atoms with Crippen LogP contribution in [-0.4, -0.2) is 16.8 Å². The van der Waals surface area contributed by atoms with E-state index in [0.29, 0.717) is 22.6 Å². The number of benzene rings is 2. The van der Waals surface area contributed by atoms with Gasteiger partial charge in [-0.15, -0.1) is 0 Å². The third-order valence-corrected chi connectivity index (χ3v) is 3.91. The smallest absolute Gasteiger partial charge is 0.363 e. The number of hydrogen-bond donors (Lipinski definition) is 0.